The van der Waals surface area contributed by atoms with Crippen LogP contribution in [0.2, 0.25) is 0 Å². The fourth-order valence-corrected chi connectivity index (χ4v) is 4.40. The first-order chi connectivity index (χ1) is 16.5. The molecule has 1 N–H and O–H groups in total. The number of hydrogen-bond acceptors (Lipinski definition) is 6. The van der Waals surface area contributed by atoms with E-state index in [1.165, 1.54) is 4.90 Å². The summed E-state index contributed by atoms with van der Waals surface area (Å²) in [5, 5.41) is 11.3. The normalized spacial score (nSPS) is 18.4. The van der Waals surface area contributed by atoms with Crippen molar-refractivity contribution < 1.29 is 28.9 Å². The Labute approximate surface area is 196 Å². The van der Waals surface area contributed by atoms with Crippen LogP contribution < -0.4 is 14.2 Å². The Bertz CT molecular complexity index is 1330. The molecule has 1 amide bonds. The van der Waals surface area contributed by atoms with Crippen molar-refractivity contribution in [1.82, 2.24) is 4.90 Å². The van der Waals surface area contributed by atoms with E-state index in [-0.39, 0.29) is 24.7 Å². The summed E-state index contributed by atoms with van der Waals surface area (Å²) in [6.07, 6.45) is 0. The quantitative estimate of drug-likeness (QED) is 0.348. The highest BCUT2D eigenvalue weighted by Crippen LogP contribution is 2.42. The Morgan fingerprint density at radius 1 is 1.03 bits per heavy atom. The van der Waals surface area contributed by atoms with Crippen molar-refractivity contribution in [1.29, 1.82) is 0 Å². The Morgan fingerprint density at radius 2 is 1.82 bits per heavy atom. The van der Waals surface area contributed by atoms with Crippen LogP contribution in [0, 0.1) is 6.92 Å². The summed E-state index contributed by atoms with van der Waals surface area (Å²) in [5.41, 5.74) is 2.94. The van der Waals surface area contributed by atoms with E-state index in [0.717, 1.165) is 16.7 Å². The average molecular weight is 457 g/mol. The van der Waals surface area contributed by atoms with Crippen molar-refractivity contribution in [3.63, 3.8) is 0 Å². The number of carbonyl (C=O) groups is 2. The number of methoxy groups -OCH3 is 1. The van der Waals surface area contributed by atoms with Crippen molar-refractivity contribution in [2.45, 2.75) is 19.5 Å². The summed E-state index contributed by atoms with van der Waals surface area (Å²) < 4.78 is 16.1. The van der Waals surface area contributed by atoms with E-state index >= 15 is 0 Å². The second kappa shape index (κ2) is 8.59. The molecule has 2 aliphatic rings. The Morgan fingerprint density at radius 3 is 2.62 bits per heavy atom. The van der Waals surface area contributed by atoms with Gasteiger partial charge in [-0.2, -0.15) is 0 Å². The van der Waals surface area contributed by atoms with Gasteiger partial charge >= 0.3 is 0 Å². The van der Waals surface area contributed by atoms with E-state index in [1.807, 2.05) is 55.5 Å². The van der Waals surface area contributed by atoms with Gasteiger partial charge in [-0.05, 0) is 48.4 Å². The van der Waals surface area contributed by atoms with Crippen molar-refractivity contribution in [2.24, 2.45) is 0 Å². The molecule has 0 bridgehead atoms. The number of likely N-dealkylation sites (tertiary alicyclic amines) is 1. The number of benzene rings is 3. The van der Waals surface area contributed by atoms with E-state index in [1.54, 1.807) is 25.3 Å². The second-order valence-corrected chi connectivity index (χ2v) is 8.26. The van der Waals surface area contributed by atoms with Gasteiger partial charge in [0.1, 0.15) is 11.5 Å². The predicted octanol–water partition coefficient (Wildman–Crippen LogP) is 4.35. The Balaban J connectivity index is 1.63. The summed E-state index contributed by atoms with van der Waals surface area (Å²) in [5.74, 6) is 0.0334. The number of aliphatic hydroxyl groups excluding tert-OH is 1. The molecule has 5 rings (SSSR count). The third kappa shape index (κ3) is 3.75. The minimum atomic E-state index is -0.753. The first kappa shape index (κ1) is 21.6. The summed E-state index contributed by atoms with van der Waals surface area (Å²) in [4.78, 5) is 28.0. The average Bonchev–Trinajstić information content (AvgIpc) is 3.41. The van der Waals surface area contributed by atoms with E-state index in [4.69, 9.17) is 14.2 Å². The topological polar surface area (TPSA) is 85.3 Å². The zero-order valence-electron chi connectivity index (χ0n) is 18.8. The maximum absolute atomic E-state index is 13.3. The number of nitrogens with zero attached hydrogens (tertiary/aromatic N) is 1. The molecule has 0 radical (unpaired) electrons. The lowest BCUT2D eigenvalue weighted by Gasteiger charge is -2.26. The van der Waals surface area contributed by atoms with Crippen LogP contribution in [-0.2, 0) is 16.1 Å². The molecule has 0 spiro atoms. The number of amides is 1. The number of ketones is 1. The molecular formula is C27H23NO6. The first-order valence-corrected chi connectivity index (χ1v) is 10.8. The van der Waals surface area contributed by atoms with Crippen LogP contribution >= 0.6 is 0 Å². The van der Waals surface area contributed by atoms with Crippen LogP contribution in [0.3, 0.4) is 0 Å². The second-order valence-electron chi connectivity index (χ2n) is 8.26. The van der Waals surface area contributed by atoms with Gasteiger partial charge in [-0.3, -0.25) is 9.59 Å². The third-order valence-corrected chi connectivity index (χ3v) is 6.03. The largest absolute Gasteiger partial charge is 0.507 e. The number of fused-ring (bicyclic) bond motifs is 1. The standard InChI is InChI=1S/C27H23NO6/c1-16-5-3-7-18(11-16)24-23(25(29)19-9-10-21-22(13-19)34-15-33-21)26(30)27(31)28(24)14-17-6-4-8-20(12-17)32-2/h3-13,24,29H,14-15H2,1-2H3/b25-23-. The summed E-state index contributed by atoms with van der Waals surface area (Å²) >= 11 is 0. The monoisotopic (exact) mass is 457 g/mol. The molecule has 172 valence electrons. The van der Waals surface area contributed by atoms with Gasteiger partial charge in [0.2, 0.25) is 6.79 Å². The number of carbonyl (C=O) groups excluding carboxylic acids is 2. The Hall–Kier alpha value is -4.26. The molecule has 0 saturated carbocycles. The molecule has 1 saturated heterocycles. The fourth-order valence-electron chi connectivity index (χ4n) is 4.40. The van der Waals surface area contributed by atoms with E-state index < -0.39 is 17.7 Å². The molecule has 2 heterocycles. The third-order valence-electron chi connectivity index (χ3n) is 6.03. The van der Waals surface area contributed by atoms with Gasteiger partial charge in [0.15, 0.2) is 11.5 Å². The highest BCUT2D eigenvalue weighted by molar-refractivity contribution is 6.46. The molecule has 1 atom stereocenters. The highest BCUT2D eigenvalue weighted by atomic mass is 16.7. The van der Waals surface area contributed by atoms with Crippen LogP contribution in [-0.4, -0.2) is 35.6 Å². The van der Waals surface area contributed by atoms with Gasteiger partial charge in [0, 0.05) is 12.1 Å². The van der Waals surface area contributed by atoms with Gasteiger partial charge in [-0.15, -0.1) is 0 Å². The maximum Gasteiger partial charge on any atom is 0.295 e. The number of Topliss-reactive ketones (excluding diaryl/α,β-unsaturated/α-hetero) is 1. The number of aryl methyl sites for hydroxylation is 1. The molecule has 0 aromatic heterocycles. The summed E-state index contributed by atoms with van der Waals surface area (Å²) in [7, 11) is 1.57. The number of aliphatic hydroxyl groups is 1. The van der Waals surface area contributed by atoms with Crippen molar-refractivity contribution >= 4 is 17.4 Å². The lowest BCUT2D eigenvalue weighted by Crippen LogP contribution is -2.29. The molecule has 3 aromatic rings. The number of rotatable bonds is 5. The molecule has 1 fully saturated rings. The van der Waals surface area contributed by atoms with E-state index in [2.05, 4.69) is 0 Å². The minimum absolute atomic E-state index is 0.0392. The van der Waals surface area contributed by atoms with Crippen molar-refractivity contribution in [3.05, 3.63) is 94.6 Å². The molecule has 0 aliphatic carbocycles. The first-order valence-electron chi connectivity index (χ1n) is 10.8. The zero-order chi connectivity index (χ0) is 23.8. The molecule has 3 aromatic carbocycles. The lowest BCUT2D eigenvalue weighted by atomic mass is 9.94. The van der Waals surface area contributed by atoms with Gasteiger partial charge < -0.3 is 24.2 Å². The van der Waals surface area contributed by atoms with Crippen LogP contribution in [0.4, 0.5) is 0 Å². The maximum atomic E-state index is 13.3. The number of hydrogen-bond donors (Lipinski definition) is 1. The van der Waals surface area contributed by atoms with Crippen LogP contribution in [0.25, 0.3) is 5.76 Å². The number of ether oxygens (including phenoxy) is 3. The van der Waals surface area contributed by atoms with Crippen molar-refractivity contribution in [2.75, 3.05) is 13.9 Å². The lowest BCUT2D eigenvalue weighted by molar-refractivity contribution is -0.140. The van der Waals surface area contributed by atoms with Gasteiger partial charge in [-0.25, -0.2) is 0 Å². The SMILES string of the molecule is COc1cccc(CN2C(=O)C(=O)/C(=C(\O)c3ccc4c(c3)OCO4)C2c2cccc(C)c2)c1. The van der Waals surface area contributed by atoms with Gasteiger partial charge in [-0.1, -0.05) is 42.0 Å². The molecule has 2 aliphatic heterocycles. The summed E-state index contributed by atoms with van der Waals surface area (Å²) in [6, 6.07) is 19.1. The van der Waals surface area contributed by atoms with Crippen LogP contribution in [0.5, 0.6) is 17.2 Å². The Kier molecular flexibility index (Phi) is 5.45. The molecule has 7 heteroatoms. The van der Waals surface area contributed by atoms with E-state index in [9.17, 15) is 14.7 Å². The molecular weight excluding hydrogens is 434 g/mol. The van der Waals surface area contributed by atoms with Gasteiger partial charge in [0.25, 0.3) is 11.7 Å². The smallest absolute Gasteiger partial charge is 0.295 e. The van der Waals surface area contributed by atoms with E-state index in [0.29, 0.717) is 22.8 Å². The minimum Gasteiger partial charge on any atom is -0.507 e. The molecule has 1 unspecified atom stereocenters. The highest BCUT2D eigenvalue weighted by Gasteiger charge is 2.46. The fraction of sp³-hybridized carbons (Fsp3) is 0.185. The zero-order valence-corrected chi connectivity index (χ0v) is 18.8. The van der Waals surface area contributed by atoms with Crippen molar-refractivity contribution in [3.8, 4) is 17.2 Å². The molecule has 34 heavy (non-hydrogen) atoms. The predicted molar refractivity (Wildman–Crippen MR) is 125 cm³/mol. The van der Waals surface area contributed by atoms with Crippen LogP contribution in [0.1, 0.15) is 28.3 Å². The van der Waals surface area contributed by atoms with Crippen LogP contribution in [0.15, 0.2) is 72.3 Å². The van der Waals surface area contributed by atoms with Gasteiger partial charge in [0.05, 0.1) is 18.7 Å². The molecule has 7 nitrogen and oxygen atoms in total. The summed E-state index contributed by atoms with van der Waals surface area (Å²) in [6.45, 7) is 2.21.